The first-order chi connectivity index (χ1) is 73.0. The fourth-order valence-corrected chi connectivity index (χ4v) is 30.8. The molecule has 0 spiro atoms. The minimum atomic E-state index is -0.425. The number of nitrogens with zero attached hydrogens (tertiary/aromatic N) is 1. The predicted molar refractivity (Wildman–Crippen MR) is 637 cm³/mol. The number of benzene rings is 15. The first-order valence-electron chi connectivity index (χ1n) is 58.0. The Balaban J connectivity index is 0.533. The van der Waals surface area contributed by atoms with Crippen molar-refractivity contribution in [1.82, 2.24) is 0 Å². The molecule has 0 aliphatic heterocycles. The third-order valence-corrected chi connectivity index (χ3v) is 38.8. The van der Waals surface area contributed by atoms with Crippen LogP contribution in [0.4, 0.5) is 17.1 Å². The van der Waals surface area contributed by atoms with E-state index in [2.05, 4.69) is 411 Å². The van der Waals surface area contributed by atoms with Gasteiger partial charge in [0.1, 0.15) is 22.3 Å². The quantitative estimate of drug-likeness (QED) is 0.0394. The minimum absolute atomic E-state index is 0.0220. The van der Waals surface area contributed by atoms with Gasteiger partial charge in [0.25, 0.3) is 0 Å². The van der Waals surface area contributed by atoms with Crippen LogP contribution >= 0.6 is 0 Å². The summed E-state index contributed by atoms with van der Waals surface area (Å²) in [5, 5.41) is 4.72. The number of hydrogen-bond acceptors (Lipinski definition) is 3. The lowest BCUT2D eigenvalue weighted by Crippen LogP contribution is -2.27. The van der Waals surface area contributed by atoms with Gasteiger partial charge in [-0.1, -0.05) is 455 Å². The van der Waals surface area contributed by atoms with E-state index in [0.717, 1.165) is 68.6 Å². The number of fused-ring (bicyclic) bond motifs is 31. The molecule has 15 aromatic carbocycles. The second-order valence-electron chi connectivity index (χ2n) is 49.2. The highest BCUT2D eigenvalue weighted by Crippen LogP contribution is 2.67. The van der Waals surface area contributed by atoms with Gasteiger partial charge in [-0.2, -0.15) is 0 Å². The van der Waals surface area contributed by atoms with Crippen molar-refractivity contribution < 1.29 is 8.83 Å². The van der Waals surface area contributed by atoms with E-state index in [4.69, 9.17) is 8.83 Å². The van der Waals surface area contributed by atoms with Gasteiger partial charge in [-0.05, 0) is 307 Å². The lowest BCUT2D eigenvalue weighted by Gasteiger charge is -2.35. The van der Waals surface area contributed by atoms with Crippen LogP contribution in [0.15, 0.2) is 324 Å². The number of unbranched alkanes of at least 4 members (excludes halogenated alkanes) is 16. The van der Waals surface area contributed by atoms with E-state index in [1.54, 1.807) is 27.8 Å². The van der Waals surface area contributed by atoms with Crippen LogP contribution in [0.25, 0.3) is 150 Å². The monoisotopic (exact) mass is 1960 g/mol. The number of anilines is 3. The van der Waals surface area contributed by atoms with Crippen LogP contribution in [0.3, 0.4) is 0 Å². The fourth-order valence-electron chi connectivity index (χ4n) is 30.8. The van der Waals surface area contributed by atoms with Crippen LogP contribution < -0.4 is 4.90 Å². The van der Waals surface area contributed by atoms with Crippen LogP contribution in [0, 0.1) is 0 Å². The molecule has 3 heteroatoms. The molecule has 0 N–H and O–H groups in total. The average Bonchev–Trinajstić information content (AvgIpc) is 1.50. The highest BCUT2D eigenvalue weighted by Gasteiger charge is 2.53. The summed E-state index contributed by atoms with van der Waals surface area (Å²) in [4.78, 5) is 2.57. The molecule has 0 saturated heterocycles. The van der Waals surface area contributed by atoms with Crippen molar-refractivity contribution in [2.45, 2.75) is 314 Å². The lowest BCUT2D eigenvalue weighted by molar-refractivity contribution is 0.386. The molecule has 26 rings (SSSR count). The Morgan fingerprint density at radius 1 is 0.293 bits per heavy atom. The molecule has 2 unspecified atom stereocenters. The normalized spacial score (nSPS) is 17.6. The molecule has 0 saturated carbocycles. The van der Waals surface area contributed by atoms with Crippen molar-refractivity contribution in [3.8, 4) is 100 Å². The van der Waals surface area contributed by atoms with E-state index in [0.29, 0.717) is 5.92 Å². The minimum Gasteiger partial charge on any atom is -0.455 e. The number of hydrogen-bond donors (Lipinski definition) is 0. The van der Waals surface area contributed by atoms with Gasteiger partial charge in [-0.25, -0.2) is 0 Å². The summed E-state index contributed by atoms with van der Waals surface area (Å²) < 4.78 is 14.5. The number of allylic oxidation sites excluding steroid dienone is 8. The van der Waals surface area contributed by atoms with Crippen molar-refractivity contribution >= 4 is 66.5 Å². The lowest BCUT2D eigenvalue weighted by atomic mass is 9.68. The molecule has 9 aliphatic carbocycles. The number of furan rings is 2. The van der Waals surface area contributed by atoms with E-state index in [-0.39, 0.29) is 33.0 Å². The zero-order chi connectivity index (χ0) is 102. The van der Waals surface area contributed by atoms with Gasteiger partial charge < -0.3 is 13.7 Å². The molecule has 17 aromatic rings. The first-order valence-corrected chi connectivity index (χ1v) is 58.0. The van der Waals surface area contributed by atoms with Gasteiger partial charge in [0.15, 0.2) is 0 Å². The molecule has 0 radical (unpaired) electrons. The standard InChI is InChI=1S/C147H147NO2/c1-15-19-23-27-41-79-146(80-42-28-24-20-16-2)119-51-37-31-45-104(119)110-75-65-99(87-127(110)146)97-63-73-108-106-71-61-95(83-121(106)141(5,6)123(108)85-97)92-55-57-94(58-56-92)117-91-129-132(134-115-48-34-39-53-130(115)149-139(117)134)113-77-69-102(89-125(113)143(129,9)10)148(103-70-78-114-126(90-103)145(13,14)137-133(114)135-116-49-35-40-54-131(116)150-140(135)136-112-47-33-36-50-118(112)144(11,12)138(136)137)101-67-59-93(60-68-101)96-62-72-107-109-74-64-98(86-124(109)142(7,8)122(107)84-96)100-66-76-111-105-46-32-38-52-120(105)147(128(111)88-100,81-43-29-25-21-17-3)82-44-30-26-22-18-4/h31-40,46-55,57-78,83-92,104H,15-30,41-45,56,79-82H2,1-14H3. The molecule has 9 aliphatic rings. The van der Waals surface area contributed by atoms with Crippen molar-refractivity contribution in [3.05, 3.63) is 404 Å². The molecule has 2 atom stereocenters. The second kappa shape index (κ2) is 37.1. The van der Waals surface area contributed by atoms with E-state index in [1.165, 1.54) is 332 Å². The zero-order valence-corrected chi connectivity index (χ0v) is 91.2. The van der Waals surface area contributed by atoms with Crippen molar-refractivity contribution in [2.24, 2.45) is 0 Å². The highest BCUT2D eigenvalue weighted by molar-refractivity contribution is 6.22. The topological polar surface area (TPSA) is 29.5 Å². The van der Waals surface area contributed by atoms with Crippen LogP contribution in [-0.4, -0.2) is 0 Å². The Morgan fingerprint density at radius 3 is 1.27 bits per heavy atom. The smallest absolute Gasteiger partial charge is 0.144 e. The van der Waals surface area contributed by atoms with Crippen LogP contribution in [0.1, 0.15) is 365 Å². The molecule has 3 nitrogen and oxygen atoms in total. The van der Waals surface area contributed by atoms with Crippen LogP contribution in [-0.2, 0) is 37.9 Å². The van der Waals surface area contributed by atoms with Crippen molar-refractivity contribution in [3.63, 3.8) is 0 Å². The van der Waals surface area contributed by atoms with Gasteiger partial charge in [0, 0.05) is 99.5 Å². The van der Waals surface area contributed by atoms with Crippen molar-refractivity contribution in [1.29, 1.82) is 0 Å². The highest BCUT2D eigenvalue weighted by atomic mass is 16.3. The van der Waals surface area contributed by atoms with E-state index in [9.17, 15) is 0 Å². The first kappa shape index (κ1) is 96.2. The zero-order valence-electron chi connectivity index (χ0n) is 91.2. The number of para-hydroxylation sites is 2. The molecule has 2 heterocycles. The summed E-state index contributed by atoms with van der Waals surface area (Å²) >= 11 is 0. The molecule has 0 bridgehead atoms. The van der Waals surface area contributed by atoms with E-state index < -0.39 is 10.8 Å². The summed E-state index contributed by atoms with van der Waals surface area (Å²) in [5.74, 6) is 0.707. The molecule has 0 fully saturated rings. The maximum atomic E-state index is 7.31. The van der Waals surface area contributed by atoms with Gasteiger partial charge >= 0.3 is 0 Å². The van der Waals surface area contributed by atoms with Crippen LogP contribution in [0.5, 0.6) is 0 Å². The van der Waals surface area contributed by atoms with Crippen molar-refractivity contribution in [2.75, 3.05) is 4.90 Å². The summed E-state index contributed by atoms with van der Waals surface area (Å²) in [5.41, 5.74) is 55.0. The van der Waals surface area contributed by atoms with Crippen LogP contribution in [0.2, 0.25) is 0 Å². The fraction of sp³-hybridized carbons (Fsp3) is 0.333. The second-order valence-corrected chi connectivity index (χ2v) is 49.2. The van der Waals surface area contributed by atoms with Gasteiger partial charge in [0.2, 0.25) is 0 Å². The molecule has 752 valence electrons. The maximum Gasteiger partial charge on any atom is 0.144 e. The maximum absolute atomic E-state index is 7.31. The molecule has 2 aromatic heterocycles. The molecular formula is C147H147NO2. The summed E-state index contributed by atoms with van der Waals surface area (Å²) in [6, 6.07) is 108. The van der Waals surface area contributed by atoms with Gasteiger partial charge in [-0.15, -0.1) is 0 Å². The van der Waals surface area contributed by atoms with Gasteiger partial charge in [0.05, 0.1) is 0 Å². The Kier molecular flexibility index (Phi) is 23.8. The third kappa shape index (κ3) is 14.9. The SMILES string of the molecule is CCCCCCCC1(CCCCCCC)C2=CC=CCC2c2ccc(-c3ccc4c(c3)C(C)(C)c3cc(C5C=CC(c6cc7c(c8c6oc6ccccc68)-c6ccc(N(c8ccc(-c9ccc%10c(c9)C(C)(C)c9cc(-c%11ccc%12c(c%11)C(CCCCCCC)(CCCCCCC)c%11ccccc%11-%12)ccc9-%10)cc8)c8ccc9c(c8)C(C)(C)c8c%10c(c%11oc%12ccccc%12c%11c8-9)-c8ccccc8C%10(C)C)cc6C7(C)C)=CC5)ccc3-4)cc21. The average molecular weight is 1960 g/mol. The number of rotatable bonds is 32. The van der Waals surface area contributed by atoms with E-state index >= 15 is 0 Å². The summed E-state index contributed by atoms with van der Waals surface area (Å²) in [7, 11) is 0. The molecule has 150 heavy (non-hydrogen) atoms. The predicted octanol–water partition coefficient (Wildman–Crippen LogP) is 42.5. The Bertz CT molecular complexity index is 8460. The third-order valence-electron chi connectivity index (χ3n) is 38.8. The Hall–Kier alpha value is -13.3. The Morgan fingerprint density at radius 2 is 0.700 bits per heavy atom. The Labute approximate surface area is 891 Å². The van der Waals surface area contributed by atoms with Gasteiger partial charge in [-0.3, -0.25) is 0 Å². The molecular weight excluding hydrogens is 1810 g/mol. The summed E-state index contributed by atoms with van der Waals surface area (Å²) in [6.07, 6.45) is 47.9. The summed E-state index contributed by atoms with van der Waals surface area (Å²) in [6.45, 7) is 34.1. The largest absolute Gasteiger partial charge is 0.455 e. The molecule has 0 amide bonds. The van der Waals surface area contributed by atoms with E-state index in [1.807, 2.05) is 0 Å².